The number of unbranched alkanes of at least 4 members (excludes halogenated alkanes) is 23. The van der Waals surface area contributed by atoms with Crippen LogP contribution in [0.3, 0.4) is 0 Å². The molecule has 0 fully saturated rings. The third kappa shape index (κ3) is 27.4. The van der Waals surface area contributed by atoms with Crippen molar-refractivity contribution in [2.45, 2.75) is 227 Å². The van der Waals surface area contributed by atoms with Crippen molar-refractivity contribution < 1.29 is 0 Å². The van der Waals surface area contributed by atoms with E-state index in [-0.39, 0.29) is 0 Å². The van der Waals surface area contributed by atoms with Gasteiger partial charge < -0.3 is 0 Å². The Morgan fingerprint density at radius 2 is 0.378 bits per heavy atom. The van der Waals surface area contributed by atoms with Crippen LogP contribution in [0.2, 0.25) is 0 Å². The molecule has 0 aliphatic heterocycles. The maximum absolute atomic E-state index is 2.36. The second kappa shape index (κ2) is 32.2. The molecule has 0 bridgehead atoms. The highest BCUT2D eigenvalue weighted by Gasteiger charge is 2.20. The SMILES string of the molecule is CCCCCCCCCCCCCCCCCC(CCCCCC)C(CCCCCC)CCCCCC. The fourth-order valence-electron chi connectivity index (χ4n) is 6.51. The summed E-state index contributed by atoms with van der Waals surface area (Å²) in [5, 5.41) is 0. The Hall–Kier alpha value is 0. The lowest BCUT2D eigenvalue weighted by atomic mass is 9.78. The second-order valence-corrected chi connectivity index (χ2v) is 12.8. The molecule has 0 aromatic rings. The van der Waals surface area contributed by atoms with Gasteiger partial charge in [0, 0.05) is 0 Å². The minimum Gasteiger partial charge on any atom is -0.0654 e. The van der Waals surface area contributed by atoms with E-state index in [1.807, 2.05) is 0 Å². The van der Waals surface area contributed by atoms with Gasteiger partial charge in [0.05, 0.1) is 0 Å². The van der Waals surface area contributed by atoms with Gasteiger partial charge >= 0.3 is 0 Å². The first-order valence-corrected chi connectivity index (χ1v) is 18.3. The largest absolute Gasteiger partial charge is 0.0654 e. The van der Waals surface area contributed by atoms with Crippen molar-refractivity contribution in [1.29, 1.82) is 0 Å². The van der Waals surface area contributed by atoms with Crippen molar-refractivity contribution >= 4 is 0 Å². The van der Waals surface area contributed by atoms with Gasteiger partial charge in [-0.3, -0.25) is 0 Å². The Bertz CT molecular complexity index is 373. The lowest BCUT2D eigenvalue weighted by Gasteiger charge is -2.28. The summed E-state index contributed by atoms with van der Waals surface area (Å²) < 4.78 is 0. The smallest absolute Gasteiger partial charge is 0.0386 e. The minimum atomic E-state index is 1.03. The molecule has 0 saturated carbocycles. The van der Waals surface area contributed by atoms with E-state index in [1.54, 1.807) is 0 Å². The summed E-state index contributed by atoms with van der Waals surface area (Å²) in [4.78, 5) is 0. The van der Waals surface area contributed by atoms with Crippen molar-refractivity contribution in [3.05, 3.63) is 0 Å². The molecule has 0 nitrogen and oxygen atoms in total. The van der Waals surface area contributed by atoms with Crippen LogP contribution < -0.4 is 0 Å². The van der Waals surface area contributed by atoms with Crippen molar-refractivity contribution in [2.24, 2.45) is 11.8 Å². The van der Waals surface area contributed by atoms with E-state index in [1.165, 1.54) is 199 Å². The van der Waals surface area contributed by atoms with E-state index < -0.39 is 0 Å². The first-order valence-electron chi connectivity index (χ1n) is 18.3. The highest BCUT2D eigenvalue weighted by Crippen LogP contribution is 2.33. The van der Waals surface area contributed by atoms with E-state index >= 15 is 0 Å². The van der Waals surface area contributed by atoms with Crippen LogP contribution in [-0.4, -0.2) is 0 Å². The Morgan fingerprint density at radius 1 is 0.216 bits per heavy atom. The first kappa shape index (κ1) is 37.0. The molecule has 224 valence electrons. The number of hydrogen-bond acceptors (Lipinski definition) is 0. The normalized spacial score (nSPS) is 12.6. The maximum atomic E-state index is 2.36. The van der Waals surface area contributed by atoms with Crippen molar-refractivity contribution in [2.75, 3.05) is 0 Å². The lowest BCUT2D eigenvalue weighted by Crippen LogP contribution is -2.16. The zero-order valence-electron chi connectivity index (χ0n) is 27.1. The van der Waals surface area contributed by atoms with E-state index in [9.17, 15) is 0 Å². The van der Waals surface area contributed by atoms with Gasteiger partial charge in [0.15, 0.2) is 0 Å². The minimum absolute atomic E-state index is 1.03. The van der Waals surface area contributed by atoms with Crippen LogP contribution in [0, 0.1) is 11.8 Å². The summed E-state index contributed by atoms with van der Waals surface area (Å²) in [5.74, 6) is 2.06. The van der Waals surface area contributed by atoms with Gasteiger partial charge in [-0.1, -0.05) is 227 Å². The van der Waals surface area contributed by atoms with E-state index in [0.29, 0.717) is 0 Å². The summed E-state index contributed by atoms with van der Waals surface area (Å²) in [6.45, 7) is 9.39. The number of rotatable bonds is 32. The van der Waals surface area contributed by atoms with Crippen LogP contribution in [-0.2, 0) is 0 Å². The van der Waals surface area contributed by atoms with Gasteiger partial charge in [-0.2, -0.15) is 0 Å². The molecule has 0 rings (SSSR count). The van der Waals surface area contributed by atoms with Crippen molar-refractivity contribution in [3.8, 4) is 0 Å². The summed E-state index contributed by atoms with van der Waals surface area (Å²) in [6.07, 6.45) is 45.7. The van der Waals surface area contributed by atoms with Crippen molar-refractivity contribution in [1.82, 2.24) is 0 Å². The third-order valence-corrected chi connectivity index (χ3v) is 9.13. The van der Waals surface area contributed by atoms with Gasteiger partial charge in [0.25, 0.3) is 0 Å². The highest BCUT2D eigenvalue weighted by molar-refractivity contribution is 4.72. The molecule has 0 saturated heterocycles. The Morgan fingerprint density at radius 3 is 0.595 bits per heavy atom. The van der Waals surface area contributed by atoms with Crippen LogP contribution in [0.1, 0.15) is 227 Å². The van der Waals surface area contributed by atoms with Crippen LogP contribution in [0.5, 0.6) is 0 Å². The zero-order chi connectivity index (χ0) is 27.1. The highest BCUT2D eigenvalue weighted by atomic mass is 14.3. The Balaban J connectivity index is 4.15. The summed E-state index contributed by atoms with van der Waals surface area (Å²) in [6, 6.07) is 0. The average molecular weight is 521 g/mol. The van der Waals surface area contributed by atoms with E-state index in [2.05, 4.69) is 27.7 Å². The second-order valence-electron chi connectivity index (χ2n) is 12.8. The van der Waals surface area contributed by atoms with E-state index in [4.69, 9.17) is 0 Å². The van der Waals surface area contributed by atoms with Crippen LogP contribution in [0.25, 0.3) is 0 Å². The summed E-state index contributed by atoms with van der Waals surface area (Å²) >= 11 is 0. The van der Waals surface area contributed by atoms with Crippen LogP contribution >= 0.6 is 0 Å². The maximum Gasteiger partial charge on any atom is -0.0386 e. The topological polar surface area (TPSA) is 0 Å². The molecule has 0 aliphatic carbocycles. The zero-order valence-corrected chi connectivity index (χ0v) is 27.1. The van der Waals surface area contributed by atoms with Gasteiger partial charge in [-0.05, 0) is 11.8 Å². The summed E-state index contributed by atoms with van der Waals surface area (Å²) in [5.41, 5.74) is 0. The number of hydrogen-bond donors (Lipinski definition) is 0. The molecule has 0 aliphatic rings. The quantitative estimate of drug-likeness (QED) is 0.0773. The van der Waals surface area contributed by atoms with Gasteiger partial charge in [-0.15, -0.1) is 0 Å². The fourth-order valence-corrected chi connectivity index (χ4v) is 6.51. The third-order valence-electron chi connectivity index (χ3n) is 9.13. The molecular weight excluding hydrogens is 444 g/mol. The molecule has 37 heavy (non-hydrogen) atoms. The molecular formula is C37H76. The molecule has 0 heteroatoms. The molecule has 0 spiro atoms. The van der Waals surface area contributed by atoms with E-state index in [0.717, 1.165) is 11.8 Å². The molecule has 0 amide bonds. The summed E-state index contributed by atoms with van der Waals surface area (Å²) in [7, 11) is 0. The molecule has 0 radical (unpaired) electrons. The van der Waals surface area contributed by atoms with Crippen molar-refractivity contribution in [3.63, 3.8) is 0 Å². The Labute approximate surface area is 238 Å². The first-order chi connectivity index (χ1) is 18.3. The molecule has 0 aromatic heterocycles. The van der Waals surface area contributed by atoms with Gasteiger partial charge in [-0.25, -0.2) is 0 Å². The van der Waals surface area contributed by atoms with Crippen LogP contribution in [0.15, 0.2) is 0 Å². The predicted molar refractivity (Wildman–Crippen MR) is 173 cm³/mol. The monoisotopic (exact) mass is 521 g/mol. The van der Waals surface area contributed by atoms with Gasteiger partial charge in [0.1, 0.15) is 0 Å². The predicted octanol–water partition coefficient (Wildman–Crippen LogP) is 14.4. The average Bonchev–Trinajstić information content (AvgIpc) is 2.91. The van der Waals surface area contributed by atoms with Crippen LogP contribution in [0.4, 0.5) is 0 Å². The standard InChI is InChI=1S/C37H76/c1-5-9-13-17-18-19-20-21-22-23-24-25-26-27-31-35-37(34-30-16-12-8-4)36(32-28-14-10-6-2)33-29-15-11-7-3/h36-37H,5-35H2,1-4H3. The molecule has 0 N–H and O–H groups in total. The van der Waals surface area contributed by atoms with Gasteiger partial charge in [0.2, 0.25) is 0 Å². The molecule has 1 atom stereocenters. The lowest BCUT2D eigenvalue weighted by molar-refractivity contribution is 0.237. The molecule has 1 unspecified atom stereocenters. The Kier molecular flexibility index (Phi) is 32.2. The molecule has 0 heterocycles. The molecule has 0 aromatic carbocycles. The fraction of sp³-hybridized carbons (Fsp3) is 1.00.